The molecule has 3 aromatic carbocycles. The van der Waals surface area contributed by atoms with Gasteiger partial charge in [-0.15, -0.1) is 0 Å². The van der Waals surface area contributed by atoms with Crippen LogP contribution in [-0.2, 0) is 26.2 Å². The van der Waals surface area contributed by atoms with Gasteiger partial charge in [-0.25, -0.2) is 12.8 Å². The monoisotopic (exact) mass is 553 g/mol. The summed E-state index contributed by atoms with van der Waals surface area (Å²) in [4.78, 5) is 28.2. The number of nitrogens with one attached hydrogen (secondary N) is 1. The zero-order valence-electron chi connectivity index (χ0n) is 23.1. The minimum atomic E-state index is -4.14. The van der Waals surface area contributed by atoms with Crippen molar-refractivity contribution in [3.63, 3.8) is 0 Å². The molecule has 3 aromatic rings. The van der Waals surface area contributed by atoms with Crippen molar-refractivity contribution in [3.8, 4) is 0 Å². The van der Waals surface area contributed by atoms with Gasteiger partial charge in [0.15, 0.2) is 0 Å². The van der Waals surface area contributed by atoms with Gasteiger partial charge in [0.2, 0.25) is 11.8 Å². The van der Waals surface area contributed by atoms with Gasteiger partial charge in [0, 0.05) is 13.1 Å². The third-order valence-electron chi connectivity index (χ3n) is 6.36. The molecular formula is C30H36FN3O4S. The first kappa shape index (κ1) is 29.8. The van der Waals surface area contributed by atoms with Crippen LogP contribution in [0.1, 0.15) is 42.5 Å². The zero-order chi connectivity index (χ0) is 28.7. The minimum Gasteiger partial charge on any atom is -0.354 e. The van der Waals surface area contributed by atoms with E-state index in [4.69, 9.17) is 0 Å². The summed E-state index contributed by atoms with van der Waals surface area (Å²) in [5.41, 5.74) is 3.56. The van der Waals surface area contributed by atoms with Crippen LogP contribution < -0.4 is 9.62 Å². The molecule has 0 saturated heterocycles. The SMILES string of the molecule is CCCNC(=O)[C@@H](C)N(Cc1ccc(F)cc1)C(=O)CN(c1cc(C)cc(C)c1)S(=O)(=O)c1ccc(C)cc1. The van der Waals surface area contributed by atoms with Crippen molar-refractivity contribution in [1.82, 2.24) is 10.2 Å². The summed E-state index contributed by atoms with van der Waals surface area (Å²) in [5, 5.41) is 2.80. The Hall–Kier alpha value is -3.72. The lowest BCUT2D eigenvalue weighted by atomic mass is 10.1. The molecule has 0 heterocycles. The van der Waals surface area contributed by atoms with Crippen LogP contribution >= 0.6 is 0 Å². The lowest BCUT2D eigenvalue weighted by molar-refractivity contribution is -0.139. The van der Waals surface area contributed by atoms with Crippen LogP contribution in [0.15, 0.2) is 71.6 Å². The lowest BCUT2D eigenvalue weighted by Crippen LogP contribution is -2.51. The van der Waals surface area contributed by atoms with Crippen molar-refractivity contribution < 1.29 is 22.4 Å². The highest BCUT2D eigenvalue weighted by Crippen LogP contribution is 2.27. The Morgan fingerprint density at radius 3 is 2.05 bits per heavy atom. The molecular weight excluding hydrogens is 517 g/mol. The summed E-state index contributed by atoms with van der Waals surface area (Å²) in [7, 11) is -4.14. The third kappa shape index (κ3) is 7.66. The largest absolute Gasteiger partial charge is 0.354 e. The third-order valence-corrected chi connectivity index (χ3v) is 8.15. The first-order valence-corrected chi connectivity index (χ1v) is 14.4. The van der Waals surface area contributed by atoms with Gasteiger partial charge in [-0.2, -0.15) is 0 Å². The van der Waals surface area contributed by atoms with E-state index in [0.717, 1.165) is 27.4 Å². The molecule has 0 unspecified atom stereocenters. The second-order valence-electron chi connectivity index (χ2n) is 9.79. The van der Waals surface area contributed by atoms with E-state index in [9.17, 15) is 22.4 Å². The smallest absolute Gasteiger partial charge is 0.264 e. The molecule has 1 atom stereocenters. The molecule has 0 aliphatic rings. The fourth-order valence-electron chi connectivity index (χ4n) is 4.23. The van der Waals surface area contributed by atoms with Gasteiger partial charge in [-0.05, 0) is 87.2 Å². The Bertz CT molecular complexity index is 1390. The van der Waals surface area contributed by atoms with Gasteiger partial charge in [-0.3, -0.25) is 13.9 Å². The molecule has 9 heteroatoms. The van der Waals surface area contributed by atoms with Gasteiger partial charge in [0.05, 0.1) is 10.6 Å². The van der Waals surface area contributed by atoms with Crippen LogP contribution in [0.4, 0.5) is 10.1 Å². The second kappa shape index (κ2) is 12.9. The van der Waals surface area contributed by atoms with Crippen LogP contribution in [-0.4, -0.2) is 44.3 Å². The molecule has 7 nitrogen and oxygen atoms in total. The van der Waals surface area contributed by atoms with Crippen molar-refractivity contribution in [3.05, 3.63) is 94.8 Å². The van der Waals surface area contributed by atoms with E-state index in [0.29, 0.717) is 17.8 Å². The van der Waals surface area contributed by atoms with E-state index in [-0.39, 0.29) is 17.3 Å². The number of hydrogen-bond acceptors (Lipinski definition) is 4. The van der Waals surface area contributed by atoms with E-state index in [1.54, 1.807) is 31.2 Å². The predicted molar refractivity (Wildman–Crippen MR) is 151 cm³/mol. The molecule has 0 bridgehead atoms. The number of hydrogen-bond donors (Lipinski definition) is 1. The maximum atomic E-state index is 13.9. The quantitative estimate of drug-likeness (QED) is 0.366. The van der Waals surface area contributed by atoms with Crippen LogP contribution in [0.2, 0.25) is 0 Å². The maximum Gasteiger partial charge on any atom is 0.264 e. The normalized spacial score (nSPS) is 12.1. The number of carbonyl (C=O) groups is 2. The van der Waals surface area contributed by atoms with Gasteiger partial charge in [-0.1, -0.05) is 42.8 Å². The first-order chi connectivity index (χ1) is 18.4. The van der Waals surface area contributed by atoms with Crippen LogP contribution in [0.25, 0.3) is 0 Å². The summed E-state index contributed by atoms with van der Waals surface area (Å²) in [5.74, 6) is -1.34. The number of sulfonamides is 1. The molecule has 208 valence electrons. The number of amides is 2. The van der Waals surface area contributed by atoms with Gasteiger partial charge in [0.1, 0.15) is 18.4 Å². The molecule has 2 amide bonds. The molecule has 0 aromatic heterocycles. The maximum absolute atomic E-state index is 13.9. The summed E-state index contributed by atoms with van der Waals surface area (Å²) < 4.78 is 42.4. The Balaban J connectivity index is 2.04. The number of carbonyl (C=O) groups excluding carboxylic acids is 2. The molecule has 0 aliphatic heterocycles. The summed E-state index contributed by atoms with van der Waals surface area (Å²) in [6.45, 7) is 9.02. The Morgan fingerprint density at radius 1 is 0.897 bits per heavy atom. The summed E-state index contributed by atoms with van der Waals surface area (Å²) >= 11 is 0. The molecule has 3 rings (SSSR count). The average Bonchev–Trinajstić information content (AvgIpc) is 2.89. The molecule has 1 N–H and O–H groups in total. The van der Waals surface area contributed by atoms with Gasteiger partial charge in [0.25, 0.3) is 10.0 Å². The highest BCUT2D eigenvalue weighted by Gasteiger charge is 2.32. The van der Waals surface area contributed by atoms with E-state index in [1.807, 2.05) is 33.8 Å². The number of benzene rings is 3. The molecule has 0 spiro atoms. The van der Waals surface area contributed by atoms with Crippen molar-refractivity contribution in [2.75, 3.05) is 17.4 Å². The minimum absolute atomic E-state index is 0.00505. The van der Waals surface area contributed by atoms with Gasteiger partial charge < -0.3 is 10.2 Å². The number of anilines is 1. The van der Waals surface area contributed by atoms with Crippen molar-refractivity contribution in [2.45, 2.75) is 58.5 Å². The van der Waals surface area contributed by atoms with E-state index in [2.05, 4.69) is 5.32 Å². The fraction of sp³-hybridized carbons (Fsp3) is 0.333. The second-order valence-corrected chi connectivity index (χ2v) is 11.6. The topological polar surface area (TPSA) is 86.8 Å². The predicted octanol–water partition coefficient (Wildman–Crippen LogP) is 4.89. The lowest BCUT2D eigenvalue weighted by Gasteiger charge is -2.32. The fourth-order valence-corrected chi connectivity index (χ4v) is 5.62. The van der Waals surface area contributed by atoms with E-state index in [1.165, 1.54) is 41.3 Å². The van der Waals surface area contributed by atoms with Crippen LogP contribution in [0, 0.1) is 26.6 Å². The van der Waals surface area contributed by atoms with Crippen molar-refractivity contribution >= 4 is 27.5 Å². The summed E-state index contributed by atoms with van der Waals surface area (Å²) in [6, 6.07) is 16.5. The van der Waals surface area contributed by atoms with Crippen molar-refractivity contribution in [2.24, 2.45) is 0 Å². The molecule has 39 heavy (non-hydrogen) atoms. The Kier molecular flexibility index (Phi) is 9.86. The standard InChI is InChI=1S/C30H36FN3O4S/c1-6-15-32-30(36)24(5)33(19-25-9-11-26(31)12-10-25)29(35)20-34(27-17-22(3)16-23(4)18-27)39(37,38)28-13-7-21(2)8-14-28/h7-14,16-18,24H,6,15,19-20H2,1-5H3,(H,32,36)/t24-/m1/s1. The number of halogens is 1. The van der Waals surface area contributed by atoms with Crippen LogP contribution in [0.3, 0.4) is 0 Å². The average molecular weight is 554 g/mol. The molecule has 0 aliphatic carbocycles. The van der Waals surface area contributed by atoms with E-state index >= 15 is 0 Å². The van der Waals surface area contributed by atoms with Crippen LogP contribution in [0.5, 0.6) is 0 Å². The highest BCUT2D eigenvalue weighted by molar-refractivity contribution is 7.92. The number of nitrogens with zero attached hydrogens (tertiary/aromatic N) is 2. The molecule has 0 radical (unpaired) electrons. The van der Waals surface area contributed by atoms with E-state index < -0.39 is 34.3 Å². The Labute approximate surface area is 230 Å². The summed E-state index contributed by atoms with van der Waals surface area (Å²) in [6.07, 6.45) is 0.722. The molecule has 0 saturated carbocycles. The first-order valence-electron chi connectivity index (χ1n) is 12.9. The van der Waals surface area contributed by atoms with Gasteiger partial charge >= 0.3 is 0 Å². The number of rotatable bonds is 11. The Morgan fingerprint density at radius 2 is 1.49 bits per heavy atom. The van der Waals surface area contributed by atoms with Crippen molar-refractivity contribution in [1.29, 1.82) is 0 Å². The number of aryl methyl sites for hydroxylation is 3. The zero-order valence-corrected chi connectivity index (χ0v) is 23.9. The highest BCUT2D eigenvalue weighted by atomic mass is 32.2. The molecule has 0 fully saturated rings.